The summed E-state index contributed by atoms with van der Waals surface area (Å²) in [4.78, 5) is 21.1. The normalized spacial score (nSPS) is 10.0. The molecule has 1 rings (SSSR count). The first kappa shape index (κ1) is 10.6. The molecule has 0 fully saturated rings. The Morgan fingerprint density at radius 1 is 1.57 bits per heavy atom. The first-order valence-corrected chi connectivity index (χ1v) is 4.85. The Balaban J connectivity index is 2.56. The van der Waals surface area contributed by atoms with Gasteiger partial charge in [-0.1, -0.05) is 0 Å². The van der Waals surface area contributed by atoms with Crippen LogP contribution < -0.4 is 5.43 Å². The highest BCUT2D eigenvalue weighted by Gasteiger charge is 2.03. The molecule has 5 nitrogen and oxygen atoms in total. The first-order chi connectivity index (χ1) is 6.59. The van der Waals surface area contributed by atoms with Crippen LogP contribution in [0.1, 0.15) is 5.76 Å². The van der Waals surface area contributed by atoms with Gasteiger partial charge in [0.1, 0.15) is 12.0 Å². The third-order valence-corrected chi connectivity index (χ3v) is 2.28. The molecule has 0 aliphatic rings. The van der Waals surface area contributed by atoms with Crippen molar-refractivity contribution >= 4 is 17.7 Å². The third-order valence-electron chi connectivity index (χ3n) is 1.34. The van der Waals surface area contributed by atoms with Gasteiger partial charge < -0.3 is 14.6 Å². The molecule has 2 N–H and O–H groups in total. The Hall–Kier alpha value is -1.43. The molecule has 0 saturated carbocycles. The monoisotopic (exact) mass is 216 g/mol. The molecule has 0 unspecified atom stereocenters. The van der Waals surface area contributed by atoms with E-state index in [0.717, 1.165) is 24.1 Å². The lowest BCUT2D eigenvalue weighted by molar-refractivity contribution is -0.133. The van der Waals surface area contributed by atoms with Crippen LogP contribution >= 0.6 is 11.8 Å². The predicted molar refractivity (Wildman–Crippen MR) is 50.4 cm³/mol. The molecule has 0 radical (unpaired) electrons. The lowest BCUT2D eigenvalue weighted by Gasteiger charge is -1.98. The fourth-order valence-electron chi connectivity index (χ4n) is 0.758. The van der Waals surface area contributed by atoms with E-state index in [4.69, 9.17) is 14.6 Å². The Labute approximate surface area is 83.4 Å². The number of carboxylic acid groups (broad SMARTS) is 1. The molecule has 0 aliphatic carbocycles. The number of hydrogen-bond donors (Lipinski definition) is 2. The zero-order valence-electron chi connectivity index (χ0n) is 7.10. The fraction of sp³-hybridized carbons (Fsp3) is 0.250. The summed E-state index contributed by atoms with van der Waals surface area (Å²) in [5.74, 6) is -0.779. The number of carboxylic acids is 1. The van der Waals surface area contributed by atoms with Crippen molar-refractivity contribution in [2.24, 2.45) is 0 Å². The van der Waals surface area contributed by atoms with Gasteiger partial charge in [0.15, 0.2) is 5.75 Å². The van der Waals surface area contributed by atoms with Gasteiger partial charge in [0, 0.05) is 6.07 Å². The van der Waals surface area contributed by atoms with Crippen molar-refractivity contribution in [3.05, 3.63) is 28.3 Å². The van der Waals surface area contributed by atoms with Crippen molar-refractivity contribution in [2.75, 3.05) is 5.75 Å². The molecular formula is C8H8O5S. The van der Waals surface area contributed by atoms with E-state index < -0.39 is 17.1 Å². The zero-order valence-corrected chi connectivity index (χ0v) is 7.91. The zero-order chi connectivity index (χ0) is 10.6. The van der Waals surface area contributed by atoms with E-state index in [9.17, 15) is 9.59 Å². The van der Waals surface area contributed by atoms with Crippen LogP contribution in [0.25, 0.3) is 0 Å². The van der Waals surface area contributed by atoms with Gasteiger partial charge in [-0.25, -0.2) is 0 Å². The molecule has 1 aromatic heterocycles. The van der Waals surface area contributed by atoms with Gasteiger partial charge in [-0.3, -0.25) is 9.59 Å². The van der Waals surface area contributed by atoms with Crippen LogP contribution in [0, 0.1) is 0 Å². The fourth-order valence-corrected chi connectivity index (χ4v) is 1.39. The first-order valence-electron chi connectivity index (χ1n) is 3.70. The average molecular weight is 216 g/mol. The largest absolute Gasteiger partial charge is 0.502 e. The number of rotatable bonds is 4. The van der Waals surface area contributed by atoms with E-state index in [1.165, 1.54) is 0 Å². The summed E-state index contributed by atoms with van der Waals surface area (Å²) in [6, 6.07) is 1.14. The molecule has 6 heteroatoms. The number of carbonyl (C=O) groups is 1. The summed E-state index contributed by atoms with van der Waals surface area (Å²) in [5, 5.41) is 17.2. The van der Waals surface area contributed by atoms with E-state index in [-0.39, 0.29) is 5.75 Å². The molecule has 0 aliphatic heterocycles. The van der Waals surface area contributed by atoms with Crippen LogP contribution in [-0.4, -0.2) is 21.9 Å². The highest BCUT2D eigenvalue weighted by Crippen LogP contribution is 2.12. The van der Waals surface area contributed by atoms with Gasteiger partial charge in [0.2, 0.25) is 5.43 Å². The standard InChI is InChI=1S/C8H8O5S/c9-6-1-5(13-2-7(6)10)3-14-4-8(11)12/h1-2,10H,3-4H2,(H,11,12). The Morgan fingerprint density at radius 2 is 2.29 bits per heavy atom. The van der Waals surface area contributed by atoms with Crippen molar-refractivity contribution in [3.63, 3.8) is 0 Å². The molecule has 1 heterocycles. The topological polar surface area (TPSA) is 87.7 Å². The van der Waals surface area contributed by atoms with E-state index in [1.807, 2.05) is 0 Å². The minimum atomic E-state index is -0.920. The van der Waals surface area contributed by atoms with Gasteiger partial charge in [0.05, 0.1) is 11.5 Å². The SMILES string of the molecule is O=C(O)CSCc1cc(=O)c(O)co1. The van der Waals surface area contributed by atoms with Crippen molar-refractivity contribution < 1.29 is 19.4 Å². The number of thioether (sulfide) groups is 1. The molecule has 0 amide bonds. The molecule has 0 bridgehead atoms. The lowest BCUT2D eigenvalue weighted by atomic mass is 10.4. The summed E-state index contributed by atoms with van der Waals surface area (Å²) in [6.07, 6.45) is 0.943. The highest BCUT2D eigenvalue weighted by atomic mass is 32.2. The summed E-state index contributed by atoms with van der Waals surface area (Å²) in [6.45, 7) is 0. The molecule has 14 heavy (non-hydrogen) atoms. The average Bonchev–Trinajstić information content (AvgIpc) is 2.10. The summed E-state index contributed by atoms with van der Waals surface area (Å²) < 4.78 is 4.86. The van der Waals surface area contributed by atoms with Crippen LogP contribution in [0.2, 0.25) is 0 Å². The number of aromatic hydroxyl groups is 1. The highest BCUT2D eigenvalue weighted by molar-refractivity contribution is 7.99. The molecule has 0 saturated heterocycles. The van der Waals surface area contributed by atoms with Crippen LogP contribution in [0.5, 0.6) is 5.75 Å². The van der Waals surface area contributed by atoms with E-state index in [0.29, 0.717) is 11.5 Å². The molecule has 0 spiro atoms. The summed E-state index contributed by atoms with van der Waals surface area (Å²) >= 11 is 1.12. The number of aliphatic carboxylic acids is 1. The van der Waals surface area contributed by atoms with Gasteiger partial charge in [-0.05, 0) is 0 Å². The predicted octanol–water partition coefficient (Wildman–Crippen LogP) is 0.663. The van der Waals surface area contributed by atoms with E-state index in [2.05, 4.69) is 0 Å². The second kappa shape index (κ2) is 4.71. The number of hydrogen-bond acceptors (Lipinski definition) is 5. The van der Waals surface area contributed by atoms with E-state index in [1.54, 1.807) is 0 Å². The maximum absolute atomic E-state index is 10.9. The van der Waals surface area contributed by atoms with Crippen LogP contribution in [0.3, 0.4) is 0 Å². The molecule has 0 aromatic carbocycles. The summed E-state index contributed by atoms with van der Waals surface area (Å²) in [7, 11) is 0. The summed E-state index contributed by atoms with van der Waals surface area (Å²) in [5.41, 5.74) is -0.526. The van der Waals surface area contributed by atoms with Crippen LogP contribution in [0.4, 0.5) is 0 Å². The second-order valence-corrected chi connectivity index (χ2v) is 3.47. The van der Waals surface area contributed by atoms with Crippen molar-refractivity contribution in [1.82, 2.24) is 0 Å². The van der Waals surface area contributed by atoms with Crippen molar-refractivity contribution in [3.8, 4) is 5.75 Å². The molecule has 76 valence electrons. The van der Waals surface area contributed by atoms with Gasteiger partial charge in [-0.2, -0.15) is 0 Å². The third kappa shape index (κ3) is 3.14. The molecule has 0 atom stereocenters. The molecule has 1 aromatic rings. The van der Waals surface area contributed by atoms with Gasteiger partial charge in [-0.15, -0.1) is 11.8 Å². The van der Waals surface area contributed by atoms with Crippen molar-refractivity contribution in [2.45, 2.75) is 5.75 Å². The van der Waals surface area contributed by atoms with Crippen LogP contribution in [-0.2, 0) is 10.5 Å². The maximum atomic E-state index is 10.9. The quantitative estimate of drug-likeness (QED) is 0.768. The lowest BCUT2D eigenvalue weighted by Crippen LogP contribution is -2.01. The smallest absolute Gasteiger partial charge is 0.313 e. The molecular weight excluding hydrogens is 208 g/mol. The minimum Gasteiger partial charge on any atom is -0.502 e. The van der Waals surface area contributed by atoms with Gasteiger partial charge in [0.25, 0.3) is 0 Å². The second-order valence-electron chi connectivity index (χ2n) is 2.48. The van der Waals surface area contributed by atoms with E-state index >= 15 is 0 Å². The minimum absolute atomic E-state index is 0.0510. The van der Waals surface area contributed by atoms with Crippen molar-refractivity contribution in [1.29, 1.82) is 0 Å². The Kier molecular flexibility index (Phi) is 3.58. The maximum Gasteiger partial charge on any atom is 0.313 e. The van der Waals surface area contributed by atoms with Crippen LogP contribution in [0.15, 0.2) is 21.5 Å². The Morgan fingerprint density at radius 3 is 2.86 bits per heavy atom. The van der Waals surface area contributed by atoms with Gasteiger partial charge >= 0.3 is 5.97 Å². The Bertz CT molecular complexity index is 384.